The quantitative estimate of drug-likeness (QED) is 0.779. The lowest BCUT2D eigenvalue weighted by Crippen LogP contribution is -2.22. The molecule has 1 atom stereocenters. The Morgan fingerprint density at radius 3 is 2.11 bits per heavy atom. The maximum atomic E-state index is 10.4. The Morgan fingerprint density at radius 1 is 1.00 bits per heavy atom. The zero-order valence-electron chi connectivity index (χ0n) is 12.4. The van der Waals surface area contributed by atoms with E-state index < -0.39 is 0 Å². The van der Waals surface area contributed by atoms with Crippen molar-refractivity contribution < 1.29 is 5.11 Å². The Hall–Kier alpha value is -0.820. The summed E-state index contributed by atoms with van der Waals surface area (Å²) < 4.78 is 0. The highest BCUT2D eigenvalue weighted by atomic mass is 16.3. The van der Waals surface area contributed by atoms with Crippen LogP contribution in [0.2, 0.25) is 0 Å². The molecule has 0 radical (unpaired) electrons. The second kappa shape index (κ2) is 7.09. The second-order valence-electron chi connectivity index (χ2n) is 6.42. The Balaban J connectivity index is 1.91. The number of aliphatic hydroxyl groups is 1. The Kier molecular flexibility index (Phi) is 5.45. The summed E-state index contributed by atoms with van der Waals surface area (Å²) >= 11 is 0. The van der Waals surface area contributed by atoms with Gasteiger partial charge in [-0.3, -0.25) is 0 Å². The topological polar surface area (TPSA) is 20.2 Å². The summed E-state index contributed by atoms with van der Waals surface area (Å²) in [6.07, 6.45) is 8.41. The van der Waals surface area contributed by atoms with Crippen molar-refractivity contribution in [2.24, 2.45) is 5.92 Å². The minimum atomic E-state index is -0.150. The van der Waals surface area contributed by atoms with Gasteiger partial charge >= 0.3 is 0 Å². The van der Waals surface area contributed by atoms with E-state index in [-0.39, 0.29) is 6.10 Å². The van der Waals surface area contributed by atoms with Gasteiger partial charge in [0.25, 0.3) is 0 Å². The van der Waals surface area contributed by atoms with E-state index in [2.05, 4.69) is 38.1 Å². The fourth-order valence-electron chi connectivity index (χ4n) is 3.14. The fraction of sp³-hybridized carbons (Fsp3) is 0.667. The lowest BCUT2D eigenvalue weighted by molar-refractivity contribution is 0.0986. The molecule has 19 heavy (non-hydrogen) atoms. The molecule has 1 fully saturated rings. The first-order valence-corrected chi connectivity index (χ1v) is 7.93. The van der Waals surface area contributed by atoms with E-state index in [0.717, 1.165) is 6.42 Å². The third-order valence-corrected chi connectivity index (χ3v) is 4.54. The van der Waals surface area contributed by atoms with E-state index >= 15 is 0 Å². The van der Waals surface area contributed by atoms with Crippen molar-refractivity contribution in [3.05, 3.63) is 35.4 Å². The zero-order valence-corrected chi connectivity index (χ0v) is 12.4. The van der Waals surface area contributed by atoms with Gasteiger partial charge in [-0.1, -0.05) is 63.8 Å². The molecule has 1 saturated carbocycles. The normalized spacial score (nSPS) is 19.4. The largest absolute Gasteiger partial charge is 0.392 e. The molecule has 1 nitrogen and oxygen atoms in total. The lowest BCUT2D eigenvalue weighted by atomic mass is 9.89. The van der Waals surface area contributed by atoms with Gasteiger partial charge in [-0.2, -0.15) is 0 Å². The van der Waals surface area contributed by atoms with Crippen molar-refractivity contribution in [3.63, 3.8) is 0 Å². The van der Waals surface area contributed by atoms with E-state index in [4.69, 9.17) is 0 Å². The molecule has 1 aliphatic carbocycles. The van der Waals surface area contributed by atoms with Gasteiger partial charge in [0.1, 0.15) is 0 Å². The van der Waals surface area contributed by atoms with Crippen molar-refractivity contribution in [2.75, 3.05) is 0 Å². The van der Waals surface area contributed by atoms with Gasteiger partial charge in [0.2, 0.25) is 0 Å². The summed E-state index contributed by atoms with van der Waals surface area (Å²) in [4.78, 5) is 0. The minimum absolute atomic E-state index is 0.150. The first-order valence-electron chi connectivity index (χ1n) is 7.93. The molecule has 0 aromatic heterocycles. The van der Waals surface area contributed by atoms with Crippen LogP contribution in [0.5, 0.6) is 0 Å². The van der Waals surface area contributed by atoms with Gasteiger partial charge in [0, 0.05) is 0 Å². The smallest absolute Gasteiger partial charge is 0.0608 e. The van der Waals surface area contributed by atoms with Crippen LogP contribution in [0, 0.1) is 5.92 Å². The third-order valence-electron chi connectivity index (χ3n) is 4.54. The summed E-state index contributed by atoms with van der Waals surface area (Å²) in [5, 5.41) is 10.4. The summed E-state index contributed by atoms with van der Waals surface area (Å²) in [5.74, 6) is 1.10. The van der Waals surface area contributed by atoms with Crippen molar-refractivity contribution in [1.29, 1.82) is 0 Å². The molecule has 2 rings (SSSR count). The average Bonchev–Trinajstić information content (AvgIpc) is 2.68. The molecule has 0 saturated heterocycles. The molecule has 0 spiro atoms. The summed E-state index contributed by atoms with van der Waals surface area (Å²) in [6, 6.07) is 8.80. The Bertz CT molecular complexity index is 358. The third kappa shape index (κ3) is 4.35. The Morgan fingerprint density at radius 2 is 1.58 bits per heavy atom. The Labute approximate surface area is 118 Å². The molecular weight excluding hydrogens is 232 g/mol. The SMILES string of the molecule is CC(C)c1ccc(CC(O)C2CCCCCC2)cc1. The van der Waals surface area contributed by atoms with Crippen molar-refractivity contribution in [3.8, 4) is 0 Å². The monoisotopic (exact) mass is 260 g/mol. The molecule has 1 unspecified atom stereocenters. The molecule has 1 heteroatoms. The van der Waals surface area contributed by atoms with Crippen LogP contribution in [0.15, 0.2) is 24.3 Å². The average molecular weight is 260 g/mol. The molecule has 0 heterocycles. The number of benzene rings is 1. The van der Waals surface area contributed by atoms with Crippen molar-refractivity contribution >= 4 is 0 Å². The van der Waals surface area contributed by atoms with E-state index in [1.54, 1.807) is 0 Å². The van der Waals surface area contributed by atoms with E-state index in [9.17, 15) is 5.11 Å². The standard InChI is InChI=1S/C18H28O/c1-14(2)16-11-9-15(10-12-16)13-18(19)17-7-5-3-4-6-8-17/h9-12,14,17-19H,3-8,13H2,1-2H3. The number of rotatable bonds is 4. The van der Waals surface area contributed by atoms with Gasteiger partial charge in [-0.05, 0) is 42.2 Å². The van der Waals surface area contributed by atoms with Gasteiger partial charge in [-0.15, -0.1) is 0 Å². The van der Waals surface area contributed by atoms with Gasteiger partial charge in [0.05, 0.1) is 6.10 Å². The van der Waals surface area contributed by atoms with Crippen LogP contribution in [0.1, 0.15) is 69.4 Å². The van der Waals surface area contributed by atoms with Crippen molar-refractivity contribution in [1.82, 2.24) is 0 Å². The molecule has 1 aliphatic rings. The van der Waals surface area contributed by atoms with Crippen LogP contribution < -0.4 is 0 Å². The number of aliphatic hydroxyl groups excluding tert-OH is 1. The maximum absolute atomic E-state index is 10.4. The summed E-state index contributed by atoms with van der Waals surface area (Å²) in [5.41, 5.74) is 2.66. The molecular formula is C18H28O. The summed E-state index contributed by atoms with van der Waals surface area (Å²) in [6.45, 7) is 4.44. The van der Waals surface area contributed by atoms with Crippen molar-refractivity contribution in [2.45, 2.75) is 70.8 Å². The first-order chi connectivity index (χ1) is 9.16. The molecule has 1 N–H and O–H groups in total. The van der Waals surface area contributed by atoms with Crippen LogP contribution >= 0.6 is 0 Å². The molecule has 1 aromatic rings. The van der Waals surface area contributed by atoms with Crippen LogP contribution in [0.4, 0.5) is 0 Å². The van der Waals surface area contributed by atoms with Gasteiger partial charge < -0.3 is 5.11 Å². The lowest BCUT2D eigenvalue weighted by Gasteiger charge is -2.21. The van der Waals surface area contributed by atoms with Crippen LogP contribution in [0.25, 0.3) is 0 Å². The van der Waals surface area contributed by atoms with Crippen LogP contribution in [0.3, 0.4) is 0 Å². The van der Waals surface area contributed by atoms with Crippen LogP contribution in [-0.2, 0) is 6.42 Å². The molecule has 1 aromatic carbocycles. The fourth-order valence-corrected chi connectivity index (χ4v) is 3.14. The van der Waals surface area contributed by atoms with E-state index in [1.165, 1.54) is 49.7 Å². The number of hydrogen-bond acceptors (Lipinski definition) is 1. The molecule has 106 valence electrons. The number of hydrogen-bond donors (Lipinski definition) is 1. The van der Waals surface area contributed by atoms with Gasteiger partial charge in [-0.25, -0.2) is 0 Å². The minimum Gasteiger partial charge on any atom is -0.392 e. The highest BCUT2D eigenvalue weighted by molar-refractivity contribution is 5.25. The van der Waals surface area contributed by atoms with Gasteiger partial charge in [0.15, 0.2) is 0 Å². The predicted octanol–water partition coefficient (Wildman–Crippen LogP) is 4.68. The molecule has 0 bridgehead atoms. The highest BCUT2D eigenvalue weighted by Crippen LogP contribution is 2.27. The van der Waals surface area contributed by atoms with Crippen LogP contribution in [-0.4, -0.2) is 11.2 Å². The molecule has 0 amide bonds. The highest BCUT2D eigenvalue weighted by Gasteiger charge is 2.20. The first kappa shape index (κ1) is 14.6. The predicted molar refractivity (Wildman–Crippen MR) is 81.4 cm³/mol. The second-order valence-corrected chi connectivity index (χ2v) is 6.42. The molecule has 0 aliphatic heterocycles. The van der Waals surface area contributed by atoms with E-state index in [1.807, 2.05) is 0 Å². The zero-order chi connectivity index (χ0) is 13.7. The summed E-state index contributed by atoms with van der Waals surface area (Å²) in [7, 11) is 0. The maximum Gasteiger partial charge on any atom is 0.0608 e. The van der Waals surface area contributed by atoms with E-state index in [0.29, 0.717) is 11.8 Å².